The lowest BCUT2D eigenvalue weighted by Crippen LogP contribution is -2.27. The van der Waals surface area contributed by atoms with Gasteiger partial charge in [0.1, 0.15) is 11.6 Å². The Morgan fingerprint density at radius 2 is 1.76 bits per heavy atom. The number of methoxy groups -OCH3 is 2. The molecule has 1 aromatic heterocycles. The Balaban J connectivity index is 1.59. The predicted molar refractivity (Wildman–Crippen MR) is 135 cm³/mol. The minimum absolute atomic E-state index is 0.0871. The van der Waals surface area contributed by atoms with Crippen LogP contribution in [-0.2, 0) is 20.9 Å². The molecule has 0 saturated carbocycles. The molecule has 1 heterocycles. The number of rotatable bonds is 9. The second-order valence-corrected chi connectivity index (χ2v) is 8.44. The van der Waals surface area contributed by atoms with Gasteiger partial charge in [0.15, 0.2) is 0 Å². The van der Waals surface area contributed by atoms with Gasteiger partial charge >= 0.3 is 5.97 Å². The number of carbonyl (C=O) groups excluding carboxylic acids is 2. The average molecular weight is 522 g/mol. The van der Waals surface area contributed by atoms with Gasteiger partial charge in [0.25, 0.3) is 11.8 Å². The minimum Gasteiger partial charge on any atom is -0.469 e. The molecule has 0 fully saturated rings. The zero-order valence-corrected chi connectivity index (χ0v) is 21.0. The highest BCUT2D eigenvalue weighted by Crippen LogP contribution is 2.32. The molecule has 0 unspecified atom stereocenters. The molecule has 1 amide bonds. The summed E-state index contributed by atoms with van der Waals surface area (Å²) in [6, 6.07) is 15.1. The molecule has 4 rings (SSSR count). The molecule has 196 valence electrons. The van der Waals surface area contributed by atoms with Crippen LogP contribution in [0.25, 0.3) is 34.0 Å². The maximum atomic E-state index is 14.9. The van der Waals surface area contributed by atoms with E-state index in [1.807, 2.05) is 43.3 Å². The average Bonchev–Trinajstić information content (AvgIpc) is 3.40. The standard InChI is InChI=1S/C28H25F2N3O5/c1-16-6-4-5-7-19(16)20-9-8-17(12-18(20)15-36-2)28-32-26(33-38-28)21-13-24(30)22(14-23(21)29)27(35)31-11-10-25(34)37-3/h4-9,12-14H,10-11,15H2,1-3H3,(H,31,35). The van der Waals surface area contributed by atoms with Crippen molar-refractivity contribution in [1.82, 2.24) is 15.5 Å². The van der Waals surface area contributed by atoms with Crippen LogP contribution < -0.4 is 5.32 Å². The van der Waals surface area contributed by atoms with Crippen molar-refractivity contribution in [3.8, 4) is 34.0 Å². The molecule has 8 nitrogen and oxygen atoms in total. The summed E-state index contributed by atoms with van der Waals surface area (Å²) in [5.41, 5.74) is 3.84. The van der Waals surface area contributed by atoms with Crippen LogP contribution in [0.15, 0.2) is 59.1 Å². The van der Waals surface area contributed by atoms with Gasteiger partial charge in [0, 0.05) is 19.2 Å². The van der Waals surface area contributed by atoms with Crippen LogP contribution in [0.4, 0.5) is 8.78 Å². The van der Waals surface area contributed by atoms with Gasteiger partial charge in [-0.25, -0.2) is 8.78 Å². The molecule has 10 heteroatoms. The molecule has 1 N–H and O–H groups in total. The van der Waals surface area contributed by atoms with Crippen LogP contribution in [-0.4, -0.2) is 42.8 Å². The summed E-state index contributed by atoms with van der Waals surface area (Å²) in [7, 11) is 2.81. The lowest BCUT2D eigenvalue weighted by molar-refractivity contribution is -0.140. The zero-order valence-electron chi connectivity index (χ0n) is 21.0. The molecular weight excluding hydrogens is 496 g/mol. The van der Waals surface area contributed by atoms with Crippen LogP contribution in [0.1, 0.15) is 27.9 Å². The number of nitrogens with one attached hydrogen (secondary N) is 1. The fourth-order valence-electron chi connectivity index (χ4n) is 3.96. The van der Waals surface area contributed by atoms with Gasteiger partial charge in [-0.2, -0.15) is 4.98 Å². The molecule has 0 atom stereocenters. The number of amides is 1. The van der Waals surface area contributed by atoms with E-state index in [2.05, 4.69) is 20.2 Å². The first kappa shape index (κ1) is 26.6. The summed E-state index contributed by atoms with van der Waals surface area (Å²) in [5, 5.41) is 6.16. The van der Waals surface area contributed by atoms with E-state index in [9.17, 15) is 18.4 Å². The third-order valence-corrected chi connectivity index (χ3v) is 5.90. The molecule has 0 saturated heterocycles. The van der Waals surface area contributed by atoms with Crippen LogP contribution in [0.5, 0.6) is 0 Å². The van der Waals surface area contributed by atoms with E-state index in [1.165, 1.54) is 7.11 Å². The molecule has 0 radical (unpaired) electrons. The summed E-state index contributed by atoms with van der Waals surface area (Å²) >= 11 is 0. The number of hydrogen-bond donors (Lipinski definition) is 1. The quantitative estimate of drug-likeness (QED) is 0.306. The second kappa shape index (κ2) is 11.7. The third kappa shape index (κ3) is 5.76. The van der Waals surface area contributed by atoms with E-state index in [-0.39, 0.29) is 30.2 Å². The Labute approximate surface area is 217 Å². The lowest BCUT2D eigenvalue weighted by atomic mass is 9.94. The third-order valence-electron chi connectivity index (χ3n) is 5.90. The number of aryl methyl sites for hydroxylation is 1. The first-order valence-electron chi connectivity index (χ1n) is 11.7. The lowest BCUT2D eigenvalue weighted by Gasteiger charge is -2.12. The van der Waals surface area contributed by atoms with Crippen molar-refractivity contribution < 1.29 is 32.4 Å². The molecule has 38 heavy (non-hydrogen) atoms. The number of ether oxygens (including phenoxy) is 2. The second-order valence-electron chi connectivity index (χ2n) is 8.44. The molecule has 4 aromatic rings. The topological polar surface area (TPSA) is 104 Å². The van der Waals surface area contributed by atoms with E-state index >= 15 is 0 Å². The van der Waals surface area contributed by atoms with Crippen molar-refractivity contribution >= 4 is 11.9 Å². The van der Waals surface area contributed by atoms with Gasteiger partial charge in [0.2, 0.25) is 5.82 Å². The number of nitrogens with zero attached hydrogens (tertiary/aromatic N) is 2. The van der Waals surface area contributed by atoms with E-state index in [1.54, 1.807) is 13.2 Å². The molecule has 0 aliphatic carbocycles. The fourth-order valence-corrected chi connectivity index (χ4v) is 3.96. The van der Waals surface area contributed by atoms with Gasteiger partial charge in [-0.1, -0.05) is 35.5 Å². The smallest absolute Gasteiger partial charge is 0.307 e. The van der Waals surface area contributed by atoms with Crippen LogP contribution in [0, 0.1) is 18.6 Å². The number of hydrogen-bond acceptors (Lipinski definition) is 7. The Kier molecular flexibility index (Phi) is 8.22. The van der Waals surface area contributed by atoms with Crippen molar-refractivity contribution in [3.63, 3.8) is 0 Å². The van der Waals surface area contributed by atoms with Crippen LogP contribution in [0.3, 0.4) is 0 Å². The summed E-state index contributed by atoms with van der Waals surface area (Å²) < 4.78 is 44.8. The van der Waals surface area contributed by atoms with Gasteiger partial charge in [-0.3, -0.25) is 9.59 Å². The zero-order chi connectivity index (χ0) is 27.2. The van der Waals surface area contributed by atoms with E-state index in [0.29, 0.717) is 12.2 Å². The van der Waals surface area contributed by atoms with Crippen LogP contribution >= 0.6 is 0 Å². The molecule has 0 aliphatic heterocycles. The van der Waals surface area contributed by atoms with E-state index in [4.69, 9.17) is 9.26 Å². The summed E-state index contributed by atoms with van der Waals surface area (Å²) in [4.78, 5) is 27.6. The molecule has 0 spiro atoms. The van der Waals surface area contributed by atoms with Crippen molar-refractivity contribution in [3.05, 3.63) is 82.9 Å². The normalized spacial score (nSPS) is 10.9. The van der Waals surface area contributed by atoms with Crippen LogP contribution in [0.2, 0.25) is 0 Å². The van der Waals surface area contributed by atoms with Gasteiger partial charge in [-0.15, -0.1) is 0 Å². The highest BCUT2D eigenvalue weighted by molar-refractivity contribution is 5.95. The largest absolute Gasteiger partial charge is 0.469 e. The molecule has 0 aliphatic rings. The summed E-state index contributed by atoms with van der Waals surface area (Å²) in [6.45, 7) is 2.27. The monoisotopic (exact) mass is 521 g/mol. The Morgan fingerprint density at radius 1 is 0.974 bits per heavy atom. The summed E-state index contributed by atoms with van der Waals surface area (Å²) in [5.74, 6) is -3.37. The molecule has 0 bridgehead atoms. The molecule has 3 aromatic carbocycles. The number of halogens is 2. The number of aromatic nitrogens is 2. The summed E-state index contributed by atoms with van der Waals surface area (Å²) in [6.07, 6.45) is -0.103. The van der Waals surface area contributed by atoms with E-state index in [0.717, 1.165) is 34.4 Å². The number of esters is 1. The number of carbonyl (C=O) groups is 2. The first-order valence-corrected chi connectivity index (χ1v) is 11.7. The fraction of sp³-hybridized carbons (Fsp3) is 0.214. The maximum absolute atomic E-state index is 14.9. The Morgan fingerprint density at radius 3 is 2.50 bits per heavy atom. The highest BCUT2D eigenvalue weighted by atomic mass is 19.1. The Hall–Kier alpha value is -4.44. The minimum atomic E-state index is -0.978. The number of benzene rings is 3. The van der Waals surface area contributed by atoms with Crippen molar-refractivity contribution in [2.75, 3.05) is 20.8 Å². The van der Waals surface area contributed by atoms with Crippen molar-refractivity contribution in [2.24, 2.45) is 0 Å². The van der Waals surface area contributed by atoms with Gasteiger partial charge in [0.05, 0.1) is 31.3 Å². The maximum Gasteiger partial charge on any atom is 0.307 e. The van der Waals surface area contributed by atoms with Crippen molar-refractivity contribution in [1.29, 1.82) is 0 Å². The first-order chi connectivity index (χ1) is 18.3. The SMILES string of the molecule is COCc1cc(-c2nc(-c3cc(F)c(C(=O)NCCC(=O)OC)cc3F)no2)ccc1-c1ccccc1C. The predicted octanol–water partition coefficient (Wildman–Crippen LogP) is 5.10. The van der Waals surface area contributed by atoms with E-state index < -0.39 is 29.1 Å². The highest BCUT2D eigenvalue weighted by Gasteiger charge is 2.21. The van der Waals surface area contributed by atoms with Crippen molar-refractivity contribution in [2.45, 2.75) is 20.0 Å². The van der Waals surface area contributed by atoms with Gasteiger partial charge < -0.3 is 19.3 Å². The Bertz CT molecular complexity index is 1490. The molecular formula is C28H25F2N3O5. The van der Waals surface area contributed by atoms with Gasteiger partial charge in [-0.05, 0) is 53.4 Å².